The molecule has 21 heavy (non-hydrogen) atoms. The van der Waals surface area contributed by atoms with E-state index in [1.807, 2.05) is 0 Å². The van der Waals surface area contributed by atoms with Crippen molar-refractivity contribution in [3.8, 4) is 5.75 Å². The van der Waals surface area contributed by atoms with E-state index in [1.54, 1.807) is 12.1 Å². The van der Waals surface area contributed by atoms with E-state index in [4.69, 9.17) is 9.84 Å². The van der Waals surface area contributed by atoms with E-state index in [-0.39, 0.29) is 23.9 Å². The molecule has 9 heteroatoms. The molecule has 114 valence electrons. The Morgan fingerprint density at radius 2 is 2.05 bits per heavy atom. The highest BCUT2D eigenvalue weighted by Gasteiger charge is 2.14. The van der Waals surface area contributed by atoms with E-state index < -0.39 is 10.0 Å². The molecule has 0 saturated heterocycles. The predicted molar refractivity (Wildman–Crippen MR) is 72.0 cm³/mol. The summed E-state index contributed by atoms with van der Waals surface area (Å²) in [5, 5.41) is 12.2. The molecule has 8 nitrogen and oxygen atoms in total. The van der Waals surface area contributed by atoms with Crippen LogP contribution in [0.1, 0.15) is 12.2 Å². The third-order valence-corrected chi connectivity index (χ3v) is 3.95. The predicted octanol–water partition coefficient (Wildman–Crippen LogP) is 0.309. The first-order valence-corrected chi connectivity index (χ1v) is 7.69. The second kappa shape index (κ2) is 7.16. The van der Waals surface area contributed by atoms with E-state index in [2.05, 4.69) is 19.4 Å². The quantitative estimate of drug-likeness (QED) is 0.674. The molecule has 0 aliphatic rings. The topological polar surface area (TPSA) is 115 Å². The molecule has 1 aromatic heterocycles. The maximum Gasteiger partial charge on any atom is 0.240 e. The van der Waals surface area contributed by atoms with Gasteiger partial charge in [-0.2, -0.15) is 4.98 Å². The van der Waals surface area contributed by atoms with Gasteiger partial charge in [-0.15, -0.1) is 0 Å². The number of hydrogen-bond acceptors (Lipinski definition) is 7. The lowest BCUT2D eigenvalue weighted by Crippen LogP contribution is -2.23. The lowest BCUT2D eigenvalue weighted by molar-refractivity contribution is 0.233. The Morgan fingerprint density at radius 1 is 1.29 bits per heavy atom. The molecular formula is C12H15N3O5S. The first-order valence-electron chi connectivity index (χ1n) is 6.20. The van der Waals surface area contributed by atoms with Crippen molar-refractivity contribution in [2.24, 2.45) is 0 Å². The van der Waals surface area contributed by atoms with Crippen molar-refractivity contribution >= 4 is 10.0 Å². The van der Waals surface area contributed by atoms with Crippen molar-refractivity contribution in [1.29, 1.82) is 0 Å². The molecule has 2 aromatic rings. The van der Waals surface area contributed by atoms with Crippen LogP contribution in [0.3, 0.4) is 0 Å². The van der Waals surface area contributed by atoms with Crippen LogP contribution >= 0.6 is 0 Å². The van der Waals surface area contributed by atoms with Gasteiger partial charge in [-0.05, 0) is 24.3 Å². The Kier molecular flexibility index (Phi) is 5.26. The normalized spacial score (nSPS) is 11.5. The van der Waals surface area contributed by atoms with Gasteiger partial charge in [0.2, 0.25) is 16.4 Å². The van der Waals surface area contributed by atoms with E-state index >= 15 is 0 Å². The Balaban J connectivity index is 1.96. The average Bonchev–Trinajstić information content (AvgIpc) is 3.00. The maximum atomic E-state index is 12.0. The Bertz CT molecular complexity index is 640. The number of hydrogen-bond donors (Lipinski definition) is 2. The van der Waals surface area contributed by atoms with Gasteiger partial charge in [-0.25, -0.2) is 13.1 Å². The van der Waals surface area contributed by atoms with Gasteiger partial charge in [0.1, 0.15) is 5.75 Å². The molecular weight excluding hydrogens is 298 g/mol. The fourth-order valence-corrected chi connectivity index (χ4v) is 2.46. The van der Waals surface area contributed by atoms with E-state index in [0.717, 1.165) is 6.39 Å². The highest BCUT2D eigenvalue weighted by Crippen LogP contribution is 2.16. The monoisotopic (exact) mass is 313 g/mol. The summed E-state index contributed by atoms with van der Waals surface area (Å²) < 4.78 is 36.3. The van der Waals surface area contributed by atoms with Gasteiger partial charge in [0, 0.05) is 13.0 Å². The van der Waals surface area contributed by atoms with Crippen molar-refractivity contribution in [3.05, 3.63) is 36.5 Å². The molecule has 0 radical (unpaired) electrons. The van der Waals surface area contributed by atoms with Crippen LogP contribution in [0.4, 0.5) is 0 Å². The summed E-state index contributed by atoms with van der Waals surface area (Å²) in [6, 6.07) is 5.99. The zero-order valence-corrected chi connectivity index (χ0v) is 11.9. The Hall–Kier alpha value is -1.97. The number of sulfonamides is 1. The van der Waals surface area contributed by atoms with Gasteiger partial charge in [-0.1, -0.05) is 5.16 Å². The minimum Gasteiger partial charge on any atom is -0.494 e. The van der Waals surface area contributed by atoms with Crippen LogP contribution in [-0.2, 0) is 16.6 Å². The fraction of sp³-hybridized carbons (Fsp3) is 0.333. The van der Waals surface area contributed by atoms with E-state index in [0.29, 0.717) is 18.8 Å². The van der Waals surface area contributed by atoms with Crippen LogP contribution in [0.2, 0.25) is 0 Å². The smallest absolute Gasteiger partial charge is 0.240 e. The molecule has 1 aromatic carbocycles. The molecule has 2 N–H and O–H groups in total. The van der Waals surface area contributed by atoms with Crippen molar-refractivity contribution in [3.63, 3.8) is 0 Å². The Labute approximate surface area is 121 Å². The lowest BCUT2D eigenvalue weighted by atomic mass is 10.3. The van der Waals surface area contributed by atoms with Crippen LogP contribution in [0.15, 0.2) is 40.1 Å². The molecule has 0 bridgehead atoms. The Morgan fingerprint density at radius 3 is 2.67 bits per heavy atom. The third kappa shape index (κ3) is 4.52. The first-order chi connectivity index (χ1) is 10.1. The first kappa shape index (κ1) is 15.4. The summed E-state index contributed by atoms with van der Waals surface area (Å²) in [7, 11) is -3.65. The van der Waals surface area contributed by atoms with Crippen LogP contribution < -0.4 is 9.46 Å². The zero-order valence-electron chi connectivity index (χ0n) is 11.1. The molecule has 0 spiro atoms. The third-order valence-electron chi connectivity index (χ3n) is 2.53. The van der Waals surface area contributed by atoms with Crippen LogP contribution in [-0.4, -0.2) is 36.9 Å². The minimum atomic E-state index is -3.65. The fourth-order valence-electron chi connectivity index (χ4n) is 1.48. The molecule has 0 amide bonds. The summed E-state index contributed by atoms with van der Waals surface area (Å²) in [6.07, 6.45) is 1.65. The average molecular weight is 313 g/mol. The molecule has 2 rings (SSSR count). The number of nitrogens with zero attached hydrogens (tertiary/aromatic N) is 2. The summed E-state index contributed by atoms with van der Waals surface area (Å²) >= 11 is 0. The highest BCUT2D eigenvalue weighted by atomic mass is 32.2. The lowest BCUT2D eigenvalue weighted by Gasteiger charge is -2.07. The van der Waals surface area contributed by atoms with Crippen LogP contribution in [0.25, 0.3) is 0 Å². The van der Waals surface area contributed by atoms with Crippen molar-refractivity contribution < 1.29 is 22.8 Å². The van der Waals surface area contributed by atoms with Gasteiger partial charge < -0.3 is 14.4 Å². The van der Waals surface area contributed by atoms with Gasteiger partial charge in [0.25, 0.3) is 0 Å². The number of nitrogens with one attached hydrogen (secondary N) is 1. The molecule has 0 aliphatic carbocycles. The number of ether oxygens (including phenoxy) is 1. The number of aliphatic hydroxyl groups excluding tert-OH is 1. The summed E-state index contributed by atoms with van der Waals surface area (Å²) in [4.78, 5) is 3.84. The van der Waals surface area contributed by atoms with Crippen molar-refractivity contribution in [2.75, 3.05) is 13.2 Å². The van der Waals surface area contributed by atoms with E-state index in [1.165, 1.54) is 12.1 Å². The molecule has 0 aliphatic heterocycles. The summed E-state index contributed by atoms with van der Waals surface area (Å²) in [5.41, 5.74) is 0. The largest absolute Gasteiger partial charge is 0.494 e. The van der Waals surface area contributed by atoms with E-state index in [9.17, 15) is 8.42 Å². The molecule has 1 heterocycles. The number of aliphatic hydroxyl groups is 1. The minimum absolute atomic E-state index is 0.0480. The van der Waals surface area contributed by atoms with Gasteiger partial charge >= 0.3 is 0 Å². The number of rotatable bonds is 8. The summed E-state index contributed by atoms with van der Waals surface area (Å²) in [6.45, 7) is 0.374. The molecule has 0 fully saturated rings. The number of benzene rings is 1. The second-order valence-corrected chi connectivity index (χ2v) is 5.84. The van der Waals surface area contributed by atoms with Crippen molar-refractivity contribution in [1.82, 2.24) is 14.9 Å². The molecule has 0 atom stereocenters. The maximum absolute atomic E-state index is 12.0. The van der Waals surface area contributed by atoms with Gasteiger partial charge in [-0.3, -0.25) is 0 Å². The zero-order chi connectivity index (χ0) is 15.1. The van der Waals surface area contributed by atoms with Gasteiger partial charge in [0.05, 0.1) is 18.0 Å². The standard InChI is InChI=1S/C12H15N3O5S/c16-6-1-7-19-10-2-4-11(5-3-10)21(17,18)14-8-12-13-9-20-15-12/h2-5,9,14,16H,1,6-8H2. The SMILES string of the molecule is O=S(=O)(NCc1ncon1)c1ccc(OCCCO)cc1. The summed E-state index contributed by atoms with van der Waals surface area (Å²) in [5.74, 6) is 0.795. The van der Waals surface area contributed by atoms with Crippen LogP contribution in [0.5, 0.6) is 5.75 Å². The highest BCUT2D eigenvalue weighted by molar-refractivity contribution is 7.89. The molecule has 0 saturated carbocycles. The van der Waals surface area contributed by atoms with Gasteiger partial charge in [0.15, 0.2) is 5.82 Å². The van der Waals surface area contributed by atoms with Crippen molar-refractivity contribution in [2.45, 2.75) is 17.9 Å². The number of aromatic nitrogens is 2. The molecule has 0 unspecified atom stereocenters. The second-order valence-electron chi connectivity index (χ2n) is 4.07. The van der Waals surface area contributed by atoms with Crippen LogP contribution in [0, 0.1) is 0 Å².